The molecule has 1 saturated heterocycles. The molecule has 1 aliphatic heterocycles. The van der Waals surface area contributed by atoms with Crippen LogP contribution in [0.15, 0.2) is 23.2 Å². The maximum atomic E-state index is 9.00. The van der Waals surface area contributed by atoms with Crippen molar-refractivity contribution in [1.82, 2.24) is 10.6 Å². The molecule has 7 heteroatoms. The van der Waals surface area contributed by atoms with Gasteiger partial charge in [0, 0.05) is 20.0 Å². The van der Waals surface area contributed by atoms with Crippen LogP contribution in [0.1, 0.15) is 6.92 Å². The van der Waals surface area contributed by atoms with E-state index in [1.807, 2.05) is 0 Å². The Kier molecular flexibility index (Phi) is 5.74. The summed E-state index contributed by atoms with van der Waals surface area (Å²) in [4.78, 5) is 13.3. The maximum Gasteiger partial charge on any atom is 0.300 e. The molecule has 5 nitrogen and oxygen atoms in total. The topological polar surface area (TPSA) is 73.7 Å². The molecule has 0 aromatic heterocycles. The van der Waals surface area contributed by atoms with Gasteiger partial charge in [-0.3, -0.25) is 4.79 Å². The maximum absolute atomic E-state index is 9.00. The number of aliphatic carboxylic acids is 1. The summed E-state index contributed by atoms with van der Waals surface area (Å²) < 4.78 is 0. The number of nitrogens with zero attached hydrogens (tertiary/aromatic N) is 1. The third kappa shape index (κ3) is 4.81. The van der Waals surface area contributed by atoms with Gasteiger partial charge in [-0.05, 0) is 12.1 Å². The van der Waals surface area contributed by atoms with E-state index in [9.17, 15) is 0 Å². The largest absolute Gasteiger partial charge is 0.481 e. The van der Waals surface area contributed by atoms with Crippen LogP contribution in [0.25, 0.3) is 0 Å². The first-order valence-electron chi connectivity index (χ1n) is 5.20. The zero-order chi connectivity index (χ0) is 13.5. The highest BCUT2D eigenvalue weighted by Gasteiger charge is 2.08. The zero-order valence-electron chi connectivity index (χ0n) is 9.70. The fourth-order valence-electron chi connectivity index (χ4n) is 1.21. The first kappa shape index (κ1) is 14.6. The van der Waals surface area contributed by atoms with Crippen LogP contribution in [0.2, 0.25) is 10.0 Å². The molecule has 1 fully saturated rings. The van der Waals surface area contributed by atoms with E-state index in [0.29, 0.717) is 15.7 Å². The van der Waals surface area contributed by atoms with Crippen LogP contribution in [0.5, 0.6) is 0 Å². The molecule has 0 atom stereocenters. The lowest BCUT2D eigenvalue weighted by molar-refractivity contribution is -0.134. The highest BCUT2D eigenvalue weighted by Crippen LogP contribution is 2.32. The lowest BCUT2D eigenvalue weighted by Crippen LogP contribution is -2.23. The van der Waals surface area contributed by atoms with Crippen LogP contribution in [0, 0.1) is 0 Å². The molecular formula is C11H13Cl2N3O2. The quantitative estimate of drug-likeness (QED) is 0.741. The molecule has 18 heavy (non-hydrogen) atoms. The average Bonchev–Trinajstić information content (AvgIpc) is 2.75. The van der Waals surface area contributed by atoms with E-state index in [-0.39, 0.29) is 0 Å². The summed E-state index contributed by atoms with van der Waals surface area (Å²) in [6.07, 6.45) is 0. The van der Waals surface area contributed by atoms with Crippen LogP contribution in [-0.4, -0.2) is 30.1 Å². The van der Waals surface area contributed by atoms with Gasteiger partial charge in [0.05, 0.1) is 10.0 Å². The molecule has 98 valence electrons. The van der Waals surface area contributed by atoms with Crippen LogP contribution in [-0.2, 0) is 4.79 Å². The predicted molar refractivity (Wildman–Crippen MR) is 72.9 cm³/mol. The molecular weight excluding hydrogens is 277 g/mol. The highest BCUT2D eigenvalue weighted by molar-refractivity contribution is 6.38. The van der Waals surface area contributed by atoms with Crippen molar-refractivity contribution in [3.63, 3.8) is 0 Å². The van der Waals surface area contributed by atoms with E-state index in [1.54, 1.807) is 18.2 Å². The second-order valence-corrected chi connectivity index (χ2v) is 4.22. The van der Waals surface area contributed by atoms with E-state index >= 15 is 0 Å². The molecule has 0 bridgehead atoms. The molecule has 3 N–H and O–H groups in total. The SMILES string of the molecule is CC(=O)O.Clc1cccc(Cl)c1N=C1NCCN1. The summed E-state index contributed by atoms with van der Waals surface area (Å²) in [5, 5.41) is 14.7. The summed E-state index contributed by atoms with van der Waals surface area (Å²) in [7, 11) is 0. The van der Waals surface area contributed by atoms with Crippen molar-refractivity contribution in [3.8, 4) is 0 Å². The van der Waals surface area contributed by atoms with Gasteiger partial charge >= 0.3 is 0 Å². The van der Waals surface area contributed by atoms with Gasteiger partial charge in [0.2, 0.25) is 0 Å². The number of hydrogen-bond donors (Lipinski definition) is 3. The Balaban J connectivity index is 0.000000357. The third-order valence-corrected chi connectivity index (χ3v) is 2.48. The second-order valence-electron chi connectivity index (χ2n) is 3.40. The van der Waals surface area contributed by atoms with Crippen molar-refractivity contribution in [3.05, 3.63) is 28.2 Å². The number of hydrogen-bond acceptors (Lipinski definition) is 2. The van der Waals surface area contributed by atoms with Gasteiger partial charge in [0.25, 0.3) is 5.97 Å². The number of carboxylic acid groups (broad SMARTS) is 1. The van der Waals surface area contributed by atoms with Crippen molar-refractivity contribution >= 4 is 40.8 Å². The molecule has 1 aromatic carbocycles. The van der Waals surface area contributed by atoms with E-state index in [4.69, 9.17) is 33.1 Å². The molecule has 2 rings (SSSR count). The van der Waals surface area contributed by atoms with Crippen molar-refractivity contribution < 1.29 is 9.90 Å². The minimum Gasteiger partial charge on any atom is -0.481 e. The second kappa shape index (κ2) is 7.08. The van der Waals surface area contributed by atoms with Crippen molar-refractivity contribution in [1.29, 1.82) is 0 Å². The molecule has 0 saturated carbocycles. The Morgan fingerprint density at radius 3 is 2.17 bits per heavy atom. The summed E-state index contributed by atoms with van der Waals surface area (Å²) in [5.74, 6) is -0.111. The number of halogens is 2. The van der Waals surface area contributed by atoms with Crippen LogP contribution >= 0.6 is 23.2 Å². The van der Waals surface area contributed by atoms with Crippen LogP contribution in [0.4, 0.5) is 5.69 Å². The zero-order valence-corrected chi connectivity index (χ0v) is 11.2. The molecule has 0 radical (unpaired) electrons. The first-order valence-corrected chi connectivity index (χ1v) is 5.96. The van der Waals surface area contributed by atoms with Crippen molar-refractivity contribution in [2.75, 3.05) is 13.1 Å². The van der Waals surface area contributed by atoms with Gasteiger partial charge in [-0.15, -0.1) is 0 Å². The third-order valence-electron chi connectivity index (χ3n) is 1.87. The summed E-state index contributed by atoms with van der Waals surface area (Å²) in [6, 6.07) is 5.33. The van der Waals surface area contributed by atoms with Gasteiger partial charge < -0.3 is 15.7 Å². The molecule has 1 aromatic rings. The van der Waals surface area contributed by atoms with Gasteiger partial charge in [0.1, 0.15) is 5.69 Å². The fourth-order valence-corrected chi connectivity index (χ4v) is 1.69. The number of carbonyl (C=O) groups is 1. The monoisotopic (exact) mass is 289 g/mol. The van der Waals surface area contributed by atoms with Crippen molar-refractivity contribution in [2.45, 2.75) is 6.92 Å². The van der Waals surface area contributed by atoms with Gasteiger partial charge in [-0.1, -0.05) is 29.3 Å². The Labute approximate surface area is 115 Å². The Morgan fingerprint density at radius 2 is 1.72 bits per heavy atom. The van der Waals surface area contributed by atoms with Crippen LogP contribution in [0.3, 0.4) is 0 Å². The molecule has 1 aliphatic rings. The van der Waals surface area contributed by atoms with E-state index in [1.165, 1.54) is 0 Å². The van der Waals surface area contributed by atoms with Gasteiger partial charge in [0.15, 0.2) is 5.96 Å². The Morgan fingerprint density at radius 1 is 1.28 bits per heavy atom. The number of guanidine groups is 1. The molecule has 0 spiro atoms. The van der Waals surface area contributed by atoms with E-state index in [0.717, 1.165) is 26.0 Å². The van der Waals surface area contributed by atoms with E-state index < -0.39 is 5.97 Å². The minimum absolute atomic E-state index is 0.556. The standard InChI is InChI=1S/C9H9Cl2N3.C2H4O2/c10-6-2-1-3-7(11)8(6)14-9-12-4-5-13-9;1-2(3)4/h1-3H,4-5H2,(H2,12,13,14);1H3,(H,3,4). The van der Waals surface area contributed by atoms with Gasteiger partial charge in [-0.2, -0.15) is 0 Å². The number of benzene rings is 1. The molecule has 1 heterocycles. The predicted octanol–water partition coefficient (Wildman–Crippen LogP) is 2.26. The highest BCUT2D eigenvalue weighted by atomic mass is 35.5. The first-order chi connectivity index (χ1) is 8.50. The fraction of sp³-hybridized carbons (Fsp3) is 0.273. The summed E-state index contributed by atoms with van der Waals surface area (Å²) in [5.41, 5.74) is 0.604. The van der Waals surface area contributed by atoms with E-state index in [2.05, 4.69) is 15.6 Å². The molecule has 0 aliphatic carbocycles. The number of para-hydroxylation sites is 1. The smallest absolute Gasteiger partial charge is 0.300 e. The van der Waals surface area contributed by atoms with Crippen LogP contribution < -0.4 is 10.6 Å². The number of nitrogens with one attached hydrogen (secondary N) is 2. The normalized spacial score (nSPS) is 12.9. The van der Waals surface area contributed by atoms with Crippen molar-refractivity contribution in [2.24, 2.45) is 4.99 Å². The number of carboxylic acids is 1. The molecule has 0 unspecified atom stereocenters. The Hall–Kier alpha value is -1.46. The van der Waals surface area contributed by atoms with Gasteiger partial charge in [-0.25, -0.2) is 4.99 Å². The average molecular weight is 290 g/mol. The minimum atomic E-state index is -0.833. The Bertz CT molecular complexity index is 431. The summed E-state index contributed by atoms with van der Waals surface area (Å²) in [6.45, 7) is 2.84. The molecule has 0 amide bonds. The lowest BCUT2D eigenvalue weighted by atomic mass is 10.3. The number of aliphatic imine (C=N–C) groups is 1. The summed E-state index contributed by atoms with van der Waals surface area (Å²) >= 11 is 11.9. The lowest BCUT2D eigenvalue weighted by Gasteiger charge is -2.02. The number of rotatable bonds is 1.